The third kappa shape index (κ3) is 7.55. The number of rotatable bonds is 1. The van der Waals surface area contributed by atoms with Crippen molar-refractivity contribution < 1.29 is 18.0 Å². The number of halogens is 4. The third-order valence-corrected chi connectivity index (χ3v) is 0.561. The number of amides is 1. The molecule has 6 heteroatoms. The molecule has 9 heavy (non-hydrogen) atoms. The van der Waals surface area contributed by atoms with Crippen LogP contribution in [-0.4, -0.2) is 18.1 Å². The molecule has 0 saturated carbocycles. The Bertz CT molecular complexity index is 112. The van der Waals surface area contributed by atoms with Gasteiger partial charge in [-0.1, -0.05) is 0 Å². The quantitative estimate of drug-likeness (QED) is 0.458. The smallest absolute Gasteiger partial charge is 0.333 e. The molecule has 54 valence electrons. The summed E-state index contributed by atoms with van der Waals surface area (Å²) >= 11 is 4.53. The largest absolute Gasteiger partial charge is 0.405 e. The summed E-state index contributed by atoms with van der Waals surface area (Å²) in [5.41, 5.74) is 0. The SMILES string of the molecule is O=C(Cl)NCC(F)(F)F. The van der Waals surface area contributed by atoms with Crippen molar-refractivity contribution in [1.82, 2.24) is 5.32 Å². The van der Waals surface area contributed by atoms with Crippen LogP contribution in [0.25, 0.3) is 0 Å². The third-order valence-electron chi connectivity index (χ3n) is 0.428. The Kier molecular flexibility index (Phi) is 2.76. The molecule has 1 N–H and O–H groups in total. The standard InChI is InChI=1S/C3H3ClF3NO/c4-2(9)8-1-3(5,6)7/h1H2,(H,8,9). The Balaban J connectivity index is 3.39. The van der Waals surface area contributed by atoms with Gasteiger partial charge in [-0.05, 0) is 11.6 Å². The highest BCUT2D eigenvalue weighted by atomic mass is 35.5. The maximum absolute atomic E-state index is 11.1. The lowest BCUT2D eigenvalue weighted by Gasteiger charge is -2.03. The van der Waals surface area contributed by atoms with E-state index in [-0.39, 0.29) is 0 Å². The van der Waals surface area contributed by atoms with Gasteiger partial charge in [0.1, 0.15) is 6.54 Å². The lowest BCUT2D eigenvalue weighted by molar-refractivity contribution is -0.122. The molecule has 0 heterocycles. The number of alkyl halides is 3. The molecule has 0 fully saturated rings. The maximum Gasteiger partial charge on any atom is 0.405 e. The zero-order chi connectivity index (χ0) is 7.49. The van der Waals surface area contributed by atoms with Crippen LogP contribution in [0.5, 0.6) is 0 Å². The van der Waals surface area contributed by atoms with Gasteiger partial charge < -0.3 is 5.32 Å². The van der Waals surface area contributed by atoms with Gasteiger partial charge in [0.15, 0.2) is 0 Å². The van der Waals surface area contributed by atoms with E-state index in [1.807, 2.05) is 0 Å². The highest BCUT2D eigenvalue weighted by Crippen LogP contribution is 2.12. The predicted octanol–water partition coefficient (Wildman–Crippen LogP) is 1.50. The summed E-state index contributed by atoms with van der Waals surface area (Å²) < 4.78 is 33.4. The lowest BCUT2D eigenvalue weighted by Crippen LogP contribution is -2.30. The van der Waals surface area contributed by atoms with Crippen molar-refractivity contribution in [2.45, 2.75) is 6.18 Å². The highest BCUT2D eigenvalue weighted by Gasteiger charge is 2.27. The average molecular weight is 162 g/mol. The molecule has 0 aliphatic carbocycles. The fraction of sp³-hybridized carbons (Fsp3) is 0.667. The van der Waals surface area contributed by atoms with Crippen molar-refractivity contribution in [3.63, 3.8) is 0 Å². The van der Waals surface area contributed by atoms with Gasteiger partial charge in [-0.3, -0.25) is 4.79 Å². The molecule has 0 spiro atoms. The van der Waals surface area contributed by atoms with E-state index in [0.29, 0.717) is 0 Å². The van der Waals surface area contributed by atoms with E-state index in [4.69, 9.17) is 0 Å². The van der Waals surface area contributed by atoms with Crippen molar-refractivity contribution in [3.05, 3.63) is 0 Å². The molecule has 0 aromatic heterocycles. The van der Waals surface area contributed by atoms with Crippen LogP contribution < -0.4 is 5.32 Å². The number of carbonyl (C=O) groups excluding carboxylic acids is 1. The Morgan fingerprint density at radius 1 is 1.56 bits per heavy atom. The molecule has 0 aromatic carbocycles. The highest BCUT2D eigenvalue weighted by molar-refractivity contribution is 6.62. The summed E-state index contributed by atoms with van der Waals surface area (Å²) in [6, 6.07) is 0. The van der Waals surface area contributed by atoms with Crippen LogP contribution >= 0.6 is 11.6 Å². The predicted molar refractivity (Wildman–Crippen MR) is 25.3 cm³/mol. The van der Waals surface area contributed by atoms with E-state index < -0.39 is 18.1 Å². The second kappa shape index (κ2) is 2.91. The Hall–Kier alpha value is -0.450. The molecule has 0 unspecified atom stereocenters. The number of hydrogen-bond acceptors (Lipinski definition) is 1. The molecular weight excluding hydrogens is 158 g/mol. The molecule has 1 amide bonds. The van der Waals surface area contributed by atoms with Crippen LogP contribution in [0.15, 0.2) is 0 Å². The minimum Gasteiger partial charge on any atom is -0.333 e. The van der Waals surface area contributed by atoms with Gasteiger partial charge in [0.25, 0.3) is 0 Å². The van der Waals surface area contributed by atoms with E-state index in [2.05, 4.69) is 11.6 Å². The van der Waals surface area contributed by atoms with Gasteiger partial charge in [-0.2, -0.15) is 13.2 Å². The Morgan fingerprint density at radius 2 is 2.00 bits per heavy atom. The zero-order valence-electron chi connectivity index (χ0n) is 4.13. The van der Waals surface area contributed by atoms with E-state index >= 15 is 0 Å². The number of hydrogen-bond donors (Lipinski definition) is 1. The van der Waals surface area contributed by atoms with E-state index in [1.54, 1.807) is 0 Å². The van der Waals surface area contributed by atoms with Gasteiger partial charge >= 0.3 is 11.5 Å². The molecule has 0 atom stereocenters. The summed E-state index contributed by atoms with van der Waals surface area (Å²) in [4.78, 5) is 9.64. The molecular formula is C3H3ClF3NO. The first-order valence-corrected chi connectivity index (χ1v) is 2.30. The maximum atomic E-state index is 11.1. The second-order valence-electron chi connectivity index (χ2n) is 1.24. The van der Waals surface area contributed by atoms with Crippen LogP contribution in [0.3, 0.4) is 0 Å². The summed E-state index contributed by atoms with van der Waals surface area (Å²) in [6.07, 6.45) is -4.38. The number of carbonyl (C=O) groups is 1. The minimum absolute atomic E-state index is 1.20. The number of nitrogens with one attached hydrogen (secondary N) is 1. The Labute approximate surface area is 54.0 Å². The van der Waals surface area contributed by atoms with Crippen LogP contribution in [0, 0.1) is 0 Å². The van der Waals surface area contributed by atoms with Gasteiger partial charge in [-0.15, -0.1) is 0 Å². The van der Waals surface area contributed by atoms with E-state index in [9.17, 15) is 18.0 Å². The van der Waals surface area contributed by atoms with E-state index in [0.717, 1.165) is 0 Å². The molecule has 2 nitrogen and oxygen atoms in total. The first-order valence-electron chi connectivity index (χ1n) is 1.92. The van der Waals surface area contributed by atoms with Crippen molar-refractivity contribution in [2.75, 3.05) is 6.54 Å². The van der Waals surface area contributed by atoms with Gasteiger partial charge in [0, 0.05) is 0 Å². The van der Waals surface area contributed by atoms with Gasteiger partial charge in [0.2, 0.25) is 0 Å². The normalized spacial score (nSPS) is 11.1. The van der Waals surface area contributed by atoms with E-state index in [1.165, 1.54) is 5.32 Å². The first-order chi connectivity index (χ1) is 3.92. The van der Waals surface area contributed by atoms with Crippen molar-refractivity contribution in [1.29, 1.82) is 0 Å². The summed E-state index contributed by atoms with van der Waals surface area (Å²) in [5, 5.41) is 0.185. The van der Waals surface area contributed by atoms with Crippen molar-refractivity contribution >= 4 is 17.0 Å². The minimum atomic E-state index is -4.38. The average Bonchev–Trinajstić information content (AvgIpc) is 1.59. The van der Waals surface area contributed by atoms with Crippen LogP contribution in [0.2, 0.25) is 0 Å². The molecule has 0 rings (SSSR count). The summed E-state index contributed by atoms with van der Waals surface area (Å²) in [7, 11) is 0. The monoisotopic (exact) mass is 161 g/mol. The van der Waals surface area contributed by atoms with Crippen LogP contribution in [0.4, 0.5) is 18.0 Å². The topological polar surface area (TPSA) is 29.1 Å². The molecule has 0 aliphatic rings. The lowest BCUT2D eigenvalue weighted by atomic mass is 10.6. The second-order valence-corrected chi connectivity index (χ2v) is 1.59. The Morgan fingerprint density at radius 3 is 2.11 bits per heavy atom. The van der Waals surface area contributed by atoms with Gasteiger partial charge in [0.05, 0.1) is 0 Å². The fourth-order valence-corrected chi connectivity index (χ4v) is 0.237. The summed E-state index contributed by atoms with van der Waals surface area (Å²) in [5.74, 6) is 0. The molecule has 0 bridgehead atoms. The van der Waals surface area contributed by atoms with Crippen LogP contribution in [0.1, 0.15) is 0 Å². The first kappa shape index (κ1) is 8.55. The van der Waals surface area contributed by atoms with Crippen molar-refractivity contribution in [3.8, 4) is 0 Å². The molecule has 0 radical (unpaired) electrons. The molecule has 0 aliphatic heterocycles. The molecule has 0 saturated heterocycles. The molecule has 0 aromatic rings. The zero-order valence-corrected chi connectivity index (χ0v) is 4.88. The van der Waals surface area contributed by atoms with Gasteiger partial charge in [-0.25, -0.2) is 0 Å². The van der Waals surface area contributed by atoms with Crippen LogP contribution in [-0.2, 0) is 0 Å². The fourth-order valence-electron chi connectivity index (χ4n) is 0.170. The van der Waals surface area contributed by atoms with Crippen molar-refractivity contribution in [2.24, 2.45) is 0 Å². The summed E-state index contributed by atoms with van der Waals surface area (Å²) in [6.45, 7) is -1.38.